The molecule has 0 aliphatic rings. The summed E-state index contributed by atoms with van der Waals surface area (Å²) in [6.45, 7) is 2.07. The molecule has 0 aliphatic heterocycles. The third-order valence-electron chi connectivity index (χ3n) is 2.60. The maximum atomic E-state index is 12.0. The van der Waals surface area contributed by atoms with Crippen LogP contribution in [0.4, 0.5) is 0 Å². The molecule has 2 aromatic rings. The van der Waals surface area contributed by atoms with Crippen LogP contribution in [0, 0.1) is 6.92 Å². The molecular weight excluding hydrogens is 353 g/mol. The molecule has 0 radical (unpaired) electrons. The van der Waals surface area contributed by atoms with E-state index >= 15 is 0 Å². The van der Waals surface area contributed by atoms with Gasteiger partial charge in [-0.2, -0.15) is 0 Å². The lowest BCUT2D eigenvalue weighted by Crippen LogP contribution is -2.22. The molecule has 0 saturated carbocycles. The molecule has 1 aromatic heterocycles. The van der Waals surface area contributed by atoms with Gasteiger partial charge in [-0.25, -0.2) is 8.42 Å². The largest absolute Gasteiger partial charge is 0.347 e. The fourth-order valence-electron chi connectivity index (χ4n) is 1.72. The minimum absolute atomic E-state index is 0.0621. The van der Waals surface area contributed by atoms with E-state index in [4.69, 9.17) is 22.3 Å². The van der Waals surface area contributed by atoms with Gasteiger partial charge in [0.15, 0.2) is 0 Å². The van der Waals surface area contributed by atoms with E-state index in [2.05, 4.69) is 5.32 Å². The molecule has 1 heterocycles. The lowest BCUT2D eigenvalue weighted by molar-refractivity contribution is 0.0951. The summed E-state index contributed by atoms with van der Waals surface area (Å²) in [6.07, 6.45) is 0. The van der Waals surface area contributed by atoms with Gasteiger partial charge in [0.05, 0.1) is 6.54 Å². The molecule has 0 bridgehead atoms. The third kappa shape index (κ3) is 4.44. The van der Waals surface area contributed by atoms with E-state index in [1.54, 1.807) is 24.3 Å². The number of carbonyl (C=O) groups excluding carboxylic acids is 1. The molecule has 2 rings (SSSR count). The molecule has 1 N–H and O–H groups in total. The van der Waals surface area contributed by atoms with Crippen LogP contribution in [-0.4, -0.2) is 14.3 Å². The van der Waals surface area contributed by atoms with Gasteiger partial charge in [0.1, 0.15) is 4.21 Å². The number of carbonyl (C=O) groups is 1. The Labute approximate surface area is 136 Å². The summed E-state index contributed by atoms with van der Waals surface area (Å²) >= 11 is 6.93. The summed E-state index contributed by atoms with van der Waals surface area (Å²) in [5.74, 6) is -0.274. The number of hydrogen-bond donors (Lipinski definition) is 1. The van der Waals surface area contributed by atoms with E-state index in [1.165, 1.54) is 6.07 Å². The number of amides is 1. The van der Waals surface area contributed by atoms with Gasteiger partial charge in [0.2, 0.25) is 0 Å². The molecule has 0 aliphatic carbocycles. The van der Waals surface area contributed by atoms with Crippen molar-refractivity contribution in [2.75, 3.05) is 0 Å². The highest BCUT2D eigenvalue weighted by atomic mass is 35.7. The molecule has 8 heteroatoms. The fourth-order valence-corrected chi connectivity index (χ4v) is 4.07. The van der Waals surface area contributed by atoms with Crippen molar-refractivity contribution in [3.05, 3.63) is 51.4 Å². The predicted molar refractivity (Wildman–Crippen MR) is 84.7 cm³/mol. The van der Waals surface area contributed by atoms with Crippen molar-refractivity contribution in [3.63, 3.8) is 0 Å². The van der Waals surface area contributed by atoms with Crippen LogP contribution in [0.1, 0.15) is 20.8 Å². The van der Waals surface area contributed by atoms with Gasteiger partial charge < -0.3 is 5.32 Å². The maximum absolute atomic E-state index is 12.0. The van der Waals surface area contributed by atoms with Crippen LogP contribution < -0.4 is 5.32 Å². The van der Waals surface area contributed by atoms with Crippen LogP contribution in [0.3, 0.4) is 0 Å². The maximum Gasteiger partial charge on any atom is 0.270 e. The van der Waals surface area contributed by atoms with E-state index in [9.17, 15) is 13.2 Å². The Morgan fingerprint density at radius 1 is 1.29 bits per heavy atom. The zero-order valence-corrected chi connectivity index (χ0v) is 14.0. The van der Waals surface area contributed by atoms with Crippen LogP contribution >= 0.6 is 33.6 Å². The lowest BCUT2D eigenvalue weighted by atomic mass is 10.1. The second-order valence-corrected chi connectivity index (χ2v) is 8.76. The summed E-state index contributed by atoms with van der Waals surface area (Å²) in [6, 6.07) is 8.09. The molecule has 4 nitrogen and oxygen atoms in total. The third-order valence-corrected chi connectivity index (χ3v) is 6.00. The lowest BCUT2D eigenvalue weighted by Gasteiger charge is -2.05. The van der Waals surface area contributed by atoms with Crippen molar-refractivity contribution >= 4 is 48.6 Å². The minimum Gasteiger partial charge on any atom is -0.347 e. The quantitative estimate of drug-likeness (QED) is 0.844. The molecule has 21 heavy (non-hydrogen) atoms. The monoisotopic (exact) mass is 363 g/mol. The summed E-state index contributed by atoms with van der Waals surface area (Å²) in [5, 5.41) is 3.20. The van der Waals surface area contributed by atoms with Crippen molar-refractivity contribution < 1.29 is 13.2 Å². The summed E-state index contributed by atoms with van der Waals surface area (Å²) in [5.41, 5.74) is 1.35. The van der Waals surface area contributed by atoms with Crippen LogP contribution in [0.5, 0.6) is 0 Å². The molecule has 0 atom stereocenters. The molecule has 112 valence electrons. The van der Waals surface area contributed by atoms with E-state index in [0.717, 1.165) is 16.9 Å². The summed E-state index contributed by atoms with van der Waals surface area (Å²) in [4.78, 5) is 12.7. The zero-order valence-electron chi connectivity index (χ0n) is 10.9. The normalized spacial score (nSPS) is 11.4. The molecular formula is C13H11Cl2NO3S2. The first-order chi connectivity index (χ1) is 9.75. The van der Waals surface area contributed by atoms with E-state index in [1.807, 2.05) is 6.92 Å². The van der Waals surface area contributed by atoms with Crippen LogP contribution in [0.15, 0.2) is 34.5 Å². The van der Waals surface area contributed by atoms with E-state index in [0.29, 0.717) is 15.5 Å². The number of rotatable bonds is 4. The van der Waals surface area contributed by atoms with Gasteiger partial charge in [0.25, 0.3) is 15.0 Å². The number of benzene rings is 1. The number of hydrogen-bond acceptors (Lipinski definition) is 4. The average molecular weight is 364 g/mol. The zero-order chi connectivity index (χ0) is 15.6. The van der Waals surface area contributed by atoms with Gasteiger partial charge in [-0.1, -0.05) is 11.6 Å². The Morgan fingerprint density at radius 3 is 2.57 bits per heavy atom. The van der Waals surface area contributed by atoms with Crippen LogP contribution in [-0.2, 0) is 15.6 Å². The Morgan fingerprint density at radius 2 is 2.00 bits per heavy atom. The Bertz CT molecular complexity index is 764. The predicted octanol–water partition coefficient (Wildman–Crippen LogP) is 3.57. The Kier molecular flexibility index (Phi) is 4.93. The molecule has 0 unspecified atom stereocenters. The van der Waals surface area contributed by atoms with Crippen molar-refractivity contribution in [1.82, 2.24) is 5.32 Å². The Balaban J connectivity index is 2.06. The Hall–Kier alpha value is -1.08. The second kappa shape index (κ2) is 6.36. The van der Waals surface area contributed by atoms with Gasteiger partial charge in [-0.05, 0) is 42.8 Å². The highest BCUT2D eigenvalue weighted by Gasteiger charge is 2.14. The molecule has 1 amide bonds. The summed E-state index contributed by atoms with van der Waals surface area (Å²) in [7, 11) is 1.52. The van der Waals surface area contributed by atoms with Crippen molar-refractivity contribution in [2.45, 2.75) is 17.7 Å². The second-order valence-electron chi connectivity index (χ2n) is 4.36. The molecule has 0 saturated heterocycles. The van der Waals surface area contributed by atoms with Crippen molar-refractivity contribution in [2.24, 2.45) is 0 Å². The molecule has 1 aromatic carbocycles. The average Bonchev–Trinajstić information content (AvgIpc) is 2.83. The highest BCUT2D eigenvalue weighted by molar-refractivity contribution is 8.15. The van der Waals surface area contributed by atoms with Crippen molar-refractivity contribution in [3.8, 4) is 0 Å². The standard InChI is InChI=1S/C13H11Cl2NO3S2/c1-8-4-9(6-10(14)5-8)13(17)16-7-11-2-3-12(20-11)21(15,18)19/h2-6H,7H2,1H3,(H,16,17). The fraction of sp³-hybridized carbons (Fsp3) is 0.154. The first-order valence-electron chi connectivity index (χ1n) is 5.84. The van der Waals surface area contributed by atoms with Crippen LogP contribution in [0.25, 0.3) is 0 Å². The highest BCUT2D eigenvalue weighted by Crippen LogP contribution is 2.24. The molecule has 0 fully saturated rings. The first kappa shape index (κ1) is 16.3. The van der Waals surface area contributed by atoms with E-state index < -0.39 is 9.05 Å². The van der Waals surface area contributed by atoms with Gasteiger partial charge in [-0.3, -0.25) is 4.79 Å². The van der Waals surface area contributed by atoms with Crippen molar-refractivity contribution in [1.29, 1.82) is 0 Å². The van der Waals surface area contributed by atoms with Crippen LogP contribution in [0.2, 0.25) is 5.02 Å². The number of aryl methyl sites for hydroxylation is 1. The van der Waals surface area contributed by atoms with Gasteiger partial charge in [-0.15, -0.1) is 11.3 Å². The summed E-state index contributed by atoms with van der Waals surface area (Å²) < 4.78 is 22.4. The topological polar surface area (TPSA) is 63.2 Å². The smallest absolute Gasteiger partial charge is 0.270 e. The first-order valence-corrected chi connectivity index (χ1v) is 9.35. The van der Waals surface area contributed by atoms with E-state index in [-0.39, 0.29) is 16.7 Å². The number of halogens is 2. The van der Waals surface area contributed by atoms with Gasteiger partial charge >= 0.3 is 0 Å². The number of thiophene rings is 1. The molecule has 0 spiro atoms. The minimum atomic E-state index is -3.72. The SMILES string of the molecule is Cc1cc(Cl)cc(C(=O)NCc2ccc(S(=O)(=O)Cl)s2)c1. The van der Waals surface area contributed by atoms with Gasteiger partial charge in [0, 0.05) is 26.1 Å². The number of nitrogens with one attached hydrogen (secondary N) is 1.